The summed E-state index contributed by atoms with van der Waals surface area (Å²) in [6, 6.07) is 0. The van der Waals surface area contributed by atoms with E-state index in [0.29, 0.717) is 5.92 Å². The van der Waals surface area contributed by atoms with Crippen LogP contribution in [0.25, 0.3) is 0 Å². The molecule has 0 unspecified atom stereocenters. The molecule has 0 radical (unpaired) electrons. The van der Waals surface area contributed by atoms with Crippen LogP contribution >= 0.6 is 0 Å². The number of likely N-dealkylation sites (N-methyl/N-ethyl adjacent to an activating group) is 1. The van der Waals surface area contributed by atoms with Crippen molar-refractivity contribution in [2.24, 2.45) is 0 Å². The number of hydrogen-bond acceptors (Lipinski definition) is 2. The molecule has 0 fully saturated rings. The third-order valence-corrected chi connectivity index (χ3v) is 2.39. The fourth-order valence-electron chi connectivity index (χ4n) is 1.58. The van der Waals surface area contributed by atoms with Gasteiger partial charge in [-0.25, -0.2) is 0 Å². The highest BCUT2D eigenvalue weighted by Crippen LogP contribution is 2.17. The number of nitrogens with one attached hydrogen (secondary N) is 1. The van der Waals surface area contributed by atoms with E-state index in [9.17, 15) is 0 Å². The molecule has 3 nitrogen and oxygen atoms in total. The lowest BCUT2D eigenvalue weighted by molar-refractivity contribution is 0.635. The Hall–Kier alpha value is -0.830. The molecule has 0 bridgehead atoms. The Morgan fingerprint density at radius 3 is 2.71 bits per heavy atom. The Labute approximate surface area is 86.5 Å². The third-order valence-electron chi connectivity index (χ3n) is 2.39. The van der Waals surface area contributed by atoms with Gasteiger partial charge in [0.2, 0.25) is 0 Å². The zero-order chi connectivity index (χ0) is 10.6. The maximum atomic E-state index is 4.57. The molecule has 0 amide bonds. The fourth-order valence-corrected chi connectivity index (χ4v) is 1.58. The van der Waals surface area contributed by atoms with Crippen LogP contribution in [-0.2, 0) is 13.0 Å². The Kier molecular flexibility index (Phi) is 4.14. The lowest BCUT2D eigenvalue weighted by Gasteiger charge is -2.04. The van der Waals surface area contributed by atoms with E-state index in [1.54, 1.807) is 0 Å². The van der Waals surface area contributed by atoms with E-state index >= 15 is 0 Å². The van der Waals surface area contributed by atoms with Gasteiger partial charge in [0.25, 0.3) is 0 Å². The van der Waals surface area contributed by atoms with Gasteiger partial charge in [-0.05, 0) is 38.4 Å². The van der Waals surface area contributed by atoms with Crippen molar-refractivity contribution in [3.63, 3.8) is 0 Å². The first-order valence-corrected chi connectivity index (χ1v) is 5.39. The standard InChI is InChI=1S/C11H21N3/c1-5-14-8-10(6-7-12-4)11(13-14)9(2)3/h8-9,12H,5-7H2,1-4H3. The second-order valence-corrected chi connectivity index (χ2v) is 3.90. The van der Waals surface area contributed by atoms with Crippen LogP contribution in [0.4, 0.5) is 0 Å². The van der Waals surface area contributed by atoms with Gasteiger partial charge in [-0.1, -0.05) is 13.8 Å². The van der Waals surface area contributed by atoms with Crippen molar-refractivity contribution in [1.82, 2.24) is 15.1 Å². The minimum atomic E-state index is 0.523. The maximum absolute atomic E-state index is 4.57. The molecule has 1 heterocycles. The molecule has 3 heteroatoms. The second-order valence-electron chi connectivity index (χ2n) is 3.90. The van der Waals surface area contributed by atoms with Crippen LogP contribution in [-0.4, -0.2) is 23.4 Å². The van der Waals surface area contributed by atoms with Gasteiger partial charge in [-0.15, -0.1) is 0 Å². The van der Waals surface area contributed by atoms with E-state index in [0.717, 1.165) is 19.5 Å². The molecular formula is C11H21N3. The molecule has 0 spiro atoms. The highest BCUT2D eigenvalue weighted by molar-refractivity contribution is 5.20. The molecule has 1 aromatic rings. The van der Waals surface area contributed by atoms with E-state index in [1.807, 2.05) is 11.7 Å². The fraction of sp³-hybridized carbons (Fsp3) is 0.727. The molecular weight excluding hydrogens is 174 g/mol. The molecule has 0 aliphatic rings. The highest BCUT2D eigenvalue weighted by Gasteiger charge is 2.10. The summed E-state index contributed by atoms with van der Waals surface area (Å²) in [5.41, 5.74) is 2.64. The van der Waals surface area contributed by atoms with Crippen molar-refractivity contribution in [3.8, 4) is 0 Å². The minimum absolute atomic E-state index is 0.523. The van der Waals surface area contributed by atoms with E-state index in [1.165, 1.54) is 11.3 Å². The third kappa shape index (κ3) is 2.58. The zero-order valence-electron chi connectivity index (χ0n) is 9.67. The summed E-state index contributed by atoms with van der Waals surface area (Å²) in [5.74, 6) is 0.523. The summed E-state index contributed by atoms with van der Waals surface area (Å²) in [5, 5.41) is 7.74. The predicted molar refractivity (Wildman–Crippen MR) is 59.6 cm³/mol. The quantitative estimate of drug-likeness (QED) is 0.776. The van der Waals surface area contributed by atoms with Gasteiger partial charge in [0.05, 0.1) is 5.69 Å². The van der Waals surface area contributed by atoms with Gasteiger partial charge < -0.3 is 5.32 Å². The van der Waals surface area contributed by atoms with Crippen molar-refractivity contribution in [2.45, 2.75) is 39.7 Å². The predicted octanol–water partition coefficient (Wildman–Crippen LogP) is 1.79. The van der Waals surface area contributed by atoms with Gasteiger partial charge in [0, 0.05) is 12.7 Å². The summed E-state index contributed by atoms with van der Waals surface area (Å²) in [7, 11) is 1.99. The average molecular weight is 195 g/mol. The van der Waals surface area contributed by atoms with Crippen molar-refractivity contribution < 1.29 is 0 Å². The van der Waals surface area contributed by atoms with Crippen LogP contribution in [0, 0.1) is 0 Å². The van der Waals surface area contributed by atoms with Gasteiger partial charge in [-0.3, -0.25) is 4.68 Å². The average Bonchev–Trinajstić information content (AvgIpc) is 2.58. The summed E-state index contributed by atoms with van der Waals surface area (Å²) in [6.45, 7) is 8.50. The van der Waals surface area contributed by atoms with Crippen LogP contribution in [0.5, 0.6) is 0 Å². The van der Waals surface area contributed by atoms with E-state index < -0.39 is 0 Å². The SMILES string of the molecule is CCn1cc(CCNC)c(C(C)C)n1. The Morgan fingerprint density at radius 2 is 2.21 bits per heavy atom. The minimum Gasteiger partial charge on any atom is -0.319 e. The number of hydrogen-bond donors (Lipinski definition) is 1. The number of aryl methyl sites for hydroxylation is 1. The first kappa shape index (κ1) is 11.2. The van der Waals surface area contributed by atoms with Crippen molar-refractivity contribution in [2.75, 3.05) is 13.6 Å². The first-order chi connectivity index (χ1) is 6.69. The molecule has 1 aromatic heterocycles. The Balaban J connectivity index is 2.82. The molecule has 0 aliphatic heterocycles. The molecule has 0 aromatic carbocycles. The summed E-state index contributed by atoms with van der Waals surface area (Å²) >= 11 is 0. The molecule has 0 atom stereocenters. The van der Waals surface area contributed by atoms with Crippen LogP contribution in [0.1, 0.15) is 37.9 Å². The number of aromatic nitrogens is 2. The zero-order valence-corrected chi connectivity index (χ0v) is 9.67. The van der Waals surface area contributed by atoms with E-state index in [-0.39, 0.29) is 0 Å². The summed E-state index contributed by atoms with van der Waals surface area (Å²) in [6.07, 6.45) is 3.25. The maximum Gasteiger partial charge on any atom is 0.0682 e. The first-order valence-electron chi connectivity index (χ1n) is 5.39. The smallest absolute Gasteiger partial charge is 0.0682 e. The molecule has 14 heavy (non-hydrogen) atoms. The van der Waals surface area contributed by atoms with Crippen LogP contribution < -0.4 is 5.32 Å². The summed E-state index contributed by atoms with van der Waals surface area (Å²) < 4.78 is 2.03. The van der Waals surface area contributed by atoms with E-state index in [4.69, 9.17) is 0 Å². The normalized spacial score (nSPS) is 11.2. The summed E-state index contributed by atoms with van der Waals surface area (Å²) in [4.78, 5) is 0. The molecule has 80 valence electrons. The van der Waals surface area contributed by atoms with Gasteiger partial charge in [-0.2, -0.15) is 5.10 Å². The number of nitrogens with zero attached hydrogens (tertiary/aromatic N) is 2. The van der Waals surface area contributed by atoms with Crippen LogP contribution in [0.2, 0.25) is 0 Å². The second kappa shape index (κ2) is 5.15. The number of rotatable bonds is 5. The molecule has 1 N–H and O–H groups in total. The molecule has 1 rings (SSSR count). The van der Waals surface area contributed by atoms with Crippen LogP contribution in [0.15, 0.2) is 6.20 Å². The molecule has 0 saturated heterocycles. The lowest BCUT2D eigenvalue weighted by atomic mass is 10.0. The van der Waals surface area contributed by atoms with Crippen molar-refractivity contribution >= 4 is 0 Å². The van der Waals surface area contributed by atoms with E-state index in [2.05, 4.69) is 37.4 Å². The molecule has 0 saturated carbocycles. The Morgan fingerprint density at radius 1 is 1.50 bits per heavy atom. The van der Waals surface area contributed by atoms with Crippen molar-refractivity contribution in [1.29, 1.82) is 0 Å². The highest BCUT2D eigenvalue weighted by atomic mass is 15.3. The van der Waals surface area contributed by atoms with Crippen molar-refractivity contribution in [3.05, 3.63) is 17.5 Å². The van der Waals surface area contributed by atoms with Gasteiger partial charge >= 0.3 is 0 Å². The topological polar surface area (TPSA) is 29.9 Å². The van der Waals surface area contributed by atoms with Gasteiger partial charge in [0.1, 0.15) is 0 Å². The monoisotopic (exact) mass is 195 g/mol. The largest absolute Gasteiger partial charge is 0.319 e. The van der Waals surface area contributed by atoms with Gasteiger partial charge in [0.15, 0.2) is 0 Å². The Bertz CT molecular complexity index is 276. The van der Waals surface area contributed by atoms with Crippen LogP contribution in [0.3, 0.4) is 0 Å². The lowest BCUT2D eigenvalue weighted by Crippen LogP contribution is -2.11. The molecule has 0 aliphatic carbocycles.